The third kappa shape index (κ3) is 5.67. The first kappa shape index (κ1) is 21.5. The molecule has 1 aromatic heterocycles. The minimum absolute atomic E-state index is 0.0115. The molecule has 0 atom stereocenters. The molecule has 2 aromatic carbocycles. The van der Waals surface area contributed by atoms with Crippen LogP contribution < -0.4 is 10.6 Å². The molecule has 0 aliphatic carbocycles. The van der Waals surface area contributed by atoms with E-state index >= 15 is 0 Å². The van der Waals surface area contributed by atoms with Gasteiger partial charge in [-0.2, -0.15) is 0 Å². The van der Waals surface area contributed by atoms with Gasteiger partial charge in [-0.25, -0.2) is 13.2 Å². The number of benzene rings is 2. The highest BCUT2D eigenvalue weighted by atomic mass is 32.2. The number of aromatic nitrogens is 1. The highest BCUT2D eigenvalue weighted by Crippen LogP contribution is 2.28. The van der Waals surface area contributed by atoms with Crippen molar-refractivity contribution in [1.29, 1.82) is 0 Å². The van der Waals surface area contributed by atoms with E-state index in [4.69, 9.17) is 0 Å². The number of rotatable bonds is 7. The summed E-state index contributed by atoms with van der Waals surface area (Å²) in [6, 6.07) is 19.1. The molecule has 0 radical (unpaired) electrons. The lowest BCUT2D eigenvalue weighted by molar-refractivity contribution is 0.251. The molecule has 156 valence electrons. The normalized spacial score (nSPS) is 11.7. The molecule has 7 heteroatoms. The maximum Gasteiger partial charge on any atom is 0.319 e. The van der Waals surface area contributed by atoms with Crippen molar-refractivity contribution < 1.29 is 13.2 Å². The van der Waals surface area contributed by atoms with Crippen LogP contribution in [0.25, 0.3) is 0 Å². The average molecular weight is 424 g/mol. The van der Waals surface area contributed by atoms with Gasteiger partial charge in [0.1, 0.15) is 0 Å². The molecular weight excluding hydrogens is 398 g/mol. The fourth-order valence-electron chi connectivity index (χ4n) is 3.14. The molecule has 3 rings (SSSR count). The Morgan fingerprint density at radius 1 is 0.967 bits per heavy atom. The Bertz CT molecular complexity index is 1080. The quantitative estimate of drug-likeness (QED) is 0.597. The minimum atomic E-state index is -3.49. The standard InChI is InChI=1S/C23H25N3O3S/c1-23(2,19-8-4-3-5-9-19)17-30(28,29)21-12-10-20(11-13-21)26-22(27)25-16-18-7-6-14-24-15-18/h3-15H,16-17H2,1-2H3,(H2,25,26,27). The Morgan fingerprint density at radius 2 is 1.67 bits per heavy atom. The van der Waals surface area contributed by atoms with Crippen molar-refractivity contribution in [2.75, 3.05) is 11.1 Å². The summed E-state index contributed by atoms with van der Waals surface area (Å²) in [5.74, 6) is -0.0115. The lowest BCUT2D eigenvalue weighted by atomic mass is 9.87. The second kappa shape index (κ2) is 9.09. The van der Waals surface area contributed by atoms with Gasteiger partial charge < -0.3 is 10.6 Å². The van der Waals surface area contributed by atoms with E-state index in [9.17, 15) is 13.2 Å². The zero-order valence-corrected chi connectivity index (χ0v) is 17.8. The van der Waals surface area contributed by atoms with Gasteiger partial charge in [-0.05, 0) is 41.5 Å². The third-order valence-electron chi connectivity index (χ3n) is 4.75. The summed E-state index contributed by atoms with van der Waals surface area (Å²) in [5, 5.41) is 5.43. The number of anilines is 1. The Balaban J connectivity index is 1.62. The van der Waals surface area contributed by atoms with Gasteiger partial charge in [0.2, 0.25) is 0 Å². The maximum absolute atomic E-state index is 12.9. The monoisotopic (exact) mass is 423 g/mol. The van der Waals surface area contributed by atoms with E-state index in [2.05, 4.69) is 15.6 Å². The Labute approximate surface area is 177 Å². The fourth-order valence-corrected chi connectivity index (χ4v) is 4.97. The molecule has 0 bridgehead atoms. The van der Waals surface area contributed by atoms with Gasteiger partial charge in [-0.1, -0.05) is 50.2 Å². The topological polar surface area (TPSA) is 88.2 Å². The van der Waals surface area contributed by atoms with Gasteiger partial charge in [-0.3, -0.25) is 4.98 Å². The summed E-state index contributed by atoms with van der Waals surface area (Å²) in [7, 11) is -3.49. The summed E-state index contributed by atoms with van der Waals surface area (Å²) in [4.78, 5) is 16.3. The number of urea groups is 1. The molecule has 0 saturated carbocycles. The van der Waals surface area contributed by atoms with Crippen molar-refractivity contribution in [3.8, 4) is 0 Å². The van der Waals surface area contributed by atoms with Crippen molar-refractivity contribution in [3.05, 3.63) is 90.3 Å². The van der Waals surface area contributed by atoms with Crippen molar-refractivity contribution >= 4 is 21.6 Å². The number of hydrogen-bond donors (Lipinski definition) is 2. The Hall–Kier alpha value is -3.19. The molecule has 0 aliphatic heterocycles. The number of pyridine rings is 1. The first-order valence-corrected chi connectivity index (χ1v) is 11.2. The minimum Gasteiger partial charge on any atom is -0.334 e. The van der Waals surface area contributed by atoms with Gasteiger partial charge in [-0.15, -0.1) is 0 Å². The molecular formula is C23H25N3O3S. The third-order valence-corrected chi connectivity index (χ3v) is 6.85. The van der Waals surface area contributed by atoms with Crippen molar-refractivity contribution in [2.45, 2.75) is 30.7 Å². The molecule has 1 heterocycles. The largest absolute Gasteiger partial charge is 0.334 e. The van der Waals surface area contributed by atoms with E-state index in [0.29, 0.717) is 12.2 Å². The van der Waals surface area contributed by atoms with Crippen LogP contribution in [0.5, 0.6) is 0 Å². The fraction of sp³-hybridized carbons (Fsp3) is 0.217. The van der Waals surface area contributed by atoms with Crippen molar-refractivity contribution in [1.82, 2.24) is 10.3 Å². The average Bonchev–Trinajstić information content (AvgIpc) is 2.73. The zero-order chi connectivity index (χ0) is 21.6. The van der Waals surface area contributed by atoms with Crippen LogP contribution in [0.2, 0.25) is 0 Å². The molecule has 6 nitrogen and oxygen atoms in total. The molecule has 30 heavy (non-hydrogen) atoms. The van der Waals surface area contributed by atoms with Gasteiger partial charge in [0.05, 0.1) is 10.6 Å². The zero-order valence-electron chi connectivity index (χ0n) is 17.0. The molecule has 0 saturated heterocycles. The lowest BCUT2D eigenvalue weighted by Gasteiger charge is -2.25. The predicted molar refractivity (Wildman–Crippen MR) is 118 cm³/mol. The van der Waals surface area contributed by atoms with Crippen LogP contribution in [0.15, 0.2) is 84.0 Å². The highest BCUT2D eigenvalue weighted by Gasteiger charge is 2.29. The number of nitrogens with one attached hydrogen (secondary N) is 2. The van der Waals surface area contributed by atoms with Crippen molar-refractivity contribution in [2.24, 2.45) is 0 Å². The molecule has 0 fully saturated rings. The van der Waals surface area contributed by atoms with E-state index in [1.54, 1.807) is 30.6 Å². The molecule has 0 aliphatic rings. The molecule has 0 spiro atoms. The van der Waals surface area contributed by atoms with Gasteiger partial charge in [0.15, 0.2) is 9.84 Å². The van der Waals surface area contributed by atoms with Gasteiger partial charge >= 0.3 is 6.03 Å². The molecule has 3 aromatic rings. The Morgan fingerprint density at radius 3 is 2.30 bits per heavy atom. The molecule has 0 unspecified atom stereocenters. The summed E-state index contributed by atoms with van der Waals surface area (Å²) < 4.78 is 25.8. The Kier molecular flexibility index (Phi) is 6.52. The van der Waals surface area contributed by atoms with Gasteiger partial charge in [0.25, 0.3) is 0 Å². The van der Waals surface area contributed by atoms with Crippen LogP contribution in [0.1, 0.15) is 25.0 Å². The van der Waals surface area contributed by atoms with Crippen LogP contribution in [0.3, 0.4) is 0 Å². The molecule has 2 amide bonds. The van der Waals surface area contributed by atoms with E-state index < -0.39 is 15.3 Å². The van der Waals surface area contributed by atoms with E-state index in [1.165, 1.54) is 12.1 Å². The van der Waals surface area contributed by atoms with E-state index in [0.717, 1.165) is 11.1 Å². The van der Waals surface area contributed by atoms with Crippen LogP contribution in [-0.4, -0.2) is 25.2 Å². The number of amides is 2. The smallest absolute Gasteiger partial charge is 0.319 e. The van der Waals surface area contributed by atoms with Crippen LogP contribution in [0, 0.1) is 0 Å². The summed E-state index contributed by atoms with van der Waals surface area (Å²) in [6.45, 7) is 4.19. The first-order valence-electron chi connectivity index (χ1n) is 9.58. The van der Waals surface area contributed by atoms with Crippen LogP contribution >= 0.6 is 0 Å². The lowest BCUT2D eigenvalue weighted by Crippen LogP contribution is -2.29. The number of sulfone groups is 1. The van der Waals surface area contributed by atoms with Crippen LogP contribution in [-0.2, 0) is 21.8 Å². The number of carbonyl (C=O) groups excluding carboxylic acids is 1. The number of carbonyl (C=O) groups is 1. The SMILES string of the molecule is CC(C)(CS(=O)(=O)c1ccc(NC(=O)NCc2cccnc2)cc1)c1ccccc1. The highest BCUT2D eigenvalue weighted by molar-refractivity contribution is 7.91. The maximum atomic E-state index is 12.9. The van der Waals surface area contributed by atoms with Crippen molar-refractivity contribution in [3.63, 3.8) is 0 Å². The second-order valence-corrected chi connectivity index (χ2v) is 9.69. The number of nitrogens with zero attached hydrogens (tertiary/aromatic N) is 1. The van der Waals surface area contributed by atoms with Crippen LogP contribution in [0.4, 0.5) is 10.5 Å². The first-order chi connectivity index (χ1) is 14.3. The van der Waals surface area contributed by atoms with E-state index in [1.807, 2.05) is 50.2 Å². The second-order valence-electron chi connectivity index (χ2n) is 7.70. The van der Waals surface area contributed by atoms with E-state index in [-0.39, 0.29) is 16.7 Å². The summed E-state index contributed by atoms with van der Waals surface area (Å²) >= 11 is 0. The number of hydrogen-bond acceptors (Lipinski definition) is 4. The summed E-state index contributed by atoms with van der Waals surface area (Å²) in [5.41, 5.74) is 1.84. The predicted octanol–water partition coefficient (Wildman–Crippen LogP) is 4.15. The molecule has 2 N–H and O–H groups in total. The van der Waals surface area contributed by atoms with Gasteiger partial charge in [0, 0.05) is 30.0 Å². The summed E-state index contributed by atoms with van der Waals surface area (Å²) in [6.07, 6.45) is 3.34.